The van der Waals surface area contributed by atoms with Crippen molar-refractivity contribution in [3.63, 3.8) is 0 Å². The molecule has 1 aliphatic rings. The molecule has 1 heterocycles. The molecule has 0 amide bonds. The zero-order valence-corrected chi connectivity index (χ0v) is 9.17. The number of nitrogens with two attached hydrogens (primary N) is 1. The molecule has 2 aromatic rings. The van der Waals surface area contributed by atoms with Gasteiger partial charge in [-0.1, -0.05) is 12.1 Å². The minimum atomic E-state index is -0.210. The molecule has 72 valence electrons. The SMILES string of the molecule is NC1(c2oc3ccccc3c2Br)CC1. The Morgan fingerprint density at radius 1 is 1.29 bits per heavy atom. The predicted molar refractivity (Wildman–Crippen MR) is 59.0 cm³/mol. The van der Waals surface area contributed by atoms with Crippen molar-refractivity contribution in [2.45, 2.75) is 18.4 Å². The Morgan fingerprint density at radius 3 is 2.64 bits per heavy atom. The van der Waals surface area contributed by atoms with Gasteiger partial charge in [0.2, 0.25) is 0 Å². The number of hydrogen-bond donors (Lipinski definition) is 1. The molecule has 0 atom stereocenters. The molecule has 0 spiro atoms. The summed E-state index contributed by atoms with van der Waals surface area (Å²) in [5, 5.41) is 1.11. The van der Waals surface area contributed by atoms with Crippen LogP contribution >= 0.6 is 15.9 Å². The molecule has 1 aliphatic carbocycles. The van der Waals surface area contributed by atoms with Crippen molar-refractivity contribution in [2.75, 3.05) is 0 Å². The highest BCUT2D eigenvalue weighted by Gasteiger charge is 2.45. The van der Waals surface area contributed by atoms with Crippen LogP contribution in [-0.4, -0.2) is 0 Å². The van der Waals surface area contributed by atoms with E-state index in [-0.39, 0.29) is 5.54 Å². The highest BCUT2D eigenvalue weighted by molar-refractivity contribution is 9.10. The Hall–Kier alpha value is -0.800. The third-order valence-corrected chi connectivity index (χ3v) is 3.56. The molecule has 0 unspecified atom stereocenters. The van der Waals surface area contributed by atoms with Crippen molar-refractivity contribution in [3.8, 4) is 0 Å². The van der Waals surface area contributed by atoms with Crippen LogP contribution in [0.15, 0.2) is 33.2 Å². The summed E-state index contributed by atoms with van der Waals surface area (Å²) in [5.41, 5.74) is 6.81. The van der Waals surface area contributed by atoms with Crippen molar-refractivity contribution < 1.29 is 4.42 Å². The Kier molecular flexibility index (Phi) is 1.59. The fourth-order valence-corrected chi connectivity index (χ4v) is 2.50. The summed E-state index contributed by atoms with van der Waals surface area (Å²) in [5.74, 6) is 0.902. The highest BCUT2D eigenvalue weighted by Crippen LogP contribution is 2.48. The molecule has 1 fully saturated rings. The second-order valence-electron chi connectivity index (χ2n) is 3.90. The largest absolute Gasteiger partial charge is 0.458 e. The van der Waals surface area contributed by atoms with E-state index in [1.54, 1.807) is 0 Å². The zero-order valence-electron chi connectivity index (χ0n) is 7.59. The molecule has 1 aromatic carbocycles. The summed E-state index contributed by atoms with van der Waals surface area (Å²) in [4.78, 5) is 0. The molecule has 0 saturated heterocycles. The highest BCUT2D eigenvalue weighted by atomic mass is 79.9. The van der Waals surface area contributed by atoms with Crippen molar-refractivity contribution in [1.82, 2.24) is 0 Å². The lowest BCUT2D eigenvalue weighted by Crippen LogP contribution is -2.18. The summed E-state index contributed by atoms with van der Waals surface area (Å²) in [6, 6.07) is 7.98. The van der Waals surface area contributed by atoms with Gasteiger partial charge in [-0.05, 0) is 40.9 Å². The minimum absolute atomic E-state index is 0.210. The fraction of sp³-hybridized carbons (Fsp3) is 0.273. The number of fused-ring (bicyclic) bond motifs is 1. The van der Waals surface area contributed by atoms with Crippen LogP contribution in [0.2, 0.25) is 0 Å². The maximum Gasteiger partial charge on any atom is 0.139 e. The molecule has 1 aromatic heterocycles. The third kappa shape index (κ3) is 1.06. The van der Waals surface area contributed by atoms with Gasteiger partial charge in [0.1, 0.15) is 11.3 Å². The van der Waals surface area contributed by atoms with Gasteiger partial charge >= 0.3 is 0 Å². The third-order valence-electron chi connectivity index (χ3n) is 2.78. The number of furan rings is 1. The molecule has 0 aliphatic heterocycles. The van der Waals surface area contributed by atoms with Crippen LogP contribution in [0.1, 0.15) is 18.6 Å². The Bertz CT molecular complexity index is 499. The van der Waals surface area contributed by atoms with E-state index in [4.69, 9.17) is 10.2 Å². The summed E-state index contributed by atoms with van der Waals surface area (Å²) in [6.07, 6.45) is 2.04. The van der Waals surface area contributed by atoms with Gasteiger partial charge in [0, 0.05) is 5.39 Å². The molecule has 2 nitrogen and oxygen atoms in total. The van der Waals surface area contributed by atoms with Crippen LogP contribution in [-0.2, 0) is 5.54 Å². The molecule has 3 heteroatoms. The smallest absolute Gasteiger partial charge is 0.139 e. The van der Waals surface area contributed by atoms with Gasteiger partial charge in [-0.3, -0.25) is 0 Å². The van der Waals surface area contributed by atoms with Crippen molar-refractivity contribution in [3.05, 3.63) is 34.5 Å². The van der Waals surface area contributed by atoms with Gasteiger partial charge in [-0.25, -0.2) is 0 Å². The maximum atomic E-state index is 6.11. The predicted octanol–water partition coefficient (Wildman–Crippen LogP) is 3.14. The van der Waals surface area contributed by atoms with E-state index >= 15 is 0 Å². The average molecular weight is 252 g/mol. The normalized spacial score (nSPS) is 18.7. The summed E-state index contributed by atoms with van der Waals surface area (Å²) in [6.45, 7) is 0. The van der Waals surface area contributed by atoms with Crippen LogP contribution < -0.4 is 5.73 Å². The Labute approximate surface area is 90.2 Å². The van der Waals surface area contributed by atoms with Gasteiger partial charge in [0.25, 0.3) is 0 Å². The van der Waals surface area contributed by atoms with E-state index in [1.807, 2.05) is 24.3 Å². The number of para-hydroxylation sites is 1. The van der Waals surface area contributed by atoms with E-state index in [0.717, 1.165) is 34.0 Å². The lowest BCUT2D eigenvalue weighted by molar-refractivity contribution is 0.483. The molecule has 3 rings (SSSR count). The zero-order chi connectivity index (χ0) is 9.76. The average Bonchev–Trinajstić information content (AvgIpc) is 2.84. The topological polar surface area (TPSA) is 39.2 Å². The van der Waals surface area contributed by atoms with Gasteiger partial charge in [-0.15, -0.1) is 0 Å². The van der Waals surface area contributed by atoms with Gasteiger partial charge < -0.3 is 10.2 Å². The molecule has 0 radical (unpaired) electrons. The molecule has 0 bridgehead atoms. The number of hydrogen-bond acceptors (Lipinski definition) is 2. The summed E-state index contributed by atoms with van der Waals surface area (Å²) < 4.78 is 6.78. The first-order valence-corrected chi connectivity index (χ1v) is 5.46. The molecular weight excluding hydrogens is 242 g/mol. The summed E-state index contributed by atoms with van der Waals surface area (Å²) >= 11 is 3.55. The molecule has 2 N–H and O–H groups in total. The number of halogens is 1. The molecule has 14 heavy (non-hydrogen) atoms. The minimum Gasteiger partial charge on any atom is -0.458 e. The first-order valence-electron chi connectivity index (χ1n) is 4.67. The number of benzene rings is 1. The van der Waals surface area contributed by atoms with E-state index < -0.39 is 0 Å². The second kappa shape index (κ2) is 2.61. The molecule has 1 saturated carbocycles. The van der Waals surface area contributed by atoms with Crippen molar-refractivity contribution in [2.24, 2.45) is 5.73 Å². The van der Waals surface area contributed by atoms with Gasteiger partial charge in [0.15, 0.2) is 0 Å². The van der Waals surface area contributed by atoms with E-state index in [2.05, 4.69) is 15.9 Å². The first-order chi connectivity index (χ1) is 6.71. The summed E-state index contributed by atoms with van der Waals surface area (Å²) in [7, 11) is 0. The van der Waals surface area contributed by atoms with Crippen molar-refractivity contribution in [1.29, 1.82) is 0 Å². The standard InChI is InChI=1S/C11H10BrNO/c12-9-7-3-1-2-4-8(7)14-10(9)11(13)5-6-11/h1-4H,5-6,13H2. The van der Waals surface area contributed by atoms with Crippen LogP contribution in [0.25, 0.3) is 11.0 Å². The van der Waals surface area contributed by atoms with E-state index in [0.29, 0.717) is 0 Å². The lowest BCUT2D eigenvalue weighted by atomic mass is 10.2. The van der Waals surface area contributed by atoms with Crippen LogP contribution in [0.3, 0.4) is 0 Å². The first kappa shape index (κ1) is 8.50. The monoisotopic (exact) mass is 251 g/mol. The fourth-order valence-electron chi connectivity index (χ4n) is 1.70. The van der Waals surface area contributed by atoms with Crippen LogP contribution in [0.4, 0.5) is 0 Å². The Morgan fingerprint density at radius 2 is 2.00 bits per heavy atom. The lowest BCUT2D eigenvalue weighted by Gasteiger charge is -2.03. The maximum absolute atomic E-state index is 6.11. The Balaban J connectivity index is 2.31. The van der Waals surface area contributed by atoms with E-state index in [1.165, 1.54) is 0 Å². The van der Waals surface area contributed by atoms with Gasteiger partial charge in [0.05, 0.1) is 10.0 Å². The second-order valence-corrected chi connectivity index (χ2v) is 4.69. The van der Waals surface area contributed by atoms with Gasteiger partial charge in [-0.2, -0.15) is 0 Å². The van der Waals surface area contributed by atoms with Crippen LogP contribution in [0, 0.1) is 0 Å². The van der Waals surface area contributed by atoms with E-state index in [9.17, 15) is 0 Å². The van der Waals surface area contributed by atoms with Crippen molar-refractivity contribution >= 4 is 26.9 Å². The molecular formula is C11H10BrNO. The quantitative estimate of drug-likeness (QED) is 0.846. The number of rotatable bonds is 1. The van der Waals surface area contributed by atoms with Crippen LogP contribution in [0.5, 0.6) is 0 Å².